The van der Waals surface area contributed by atoms with E-state index < -0.39 is 0 Å². The molecule has 0 aliphatic carbocycles. The Labute approximate surface area is 97.6 Å². The summed E-state index contributed by atoms with van der Waals surface area (Å²) in [6.45, 7) is 6.89. The normalized spacial score (nSPS) is 17.1. The van der Waals surface area contributed by atoms with E-state index in [2.05, 4.69) is 0 Å². The largest absolute Gasteiger partial charge is 0.341 e. The van der Waals surface area contributed by atoms with Gasteiger partial charge in [-0.2, -0.15) is 0 Å². The van der Waals surface area contributed by atoms with Gasteiger partial charge in [0.1, 0.15) is 0 Å². The molecule has 16 heavy (non-hydrogen) atoms. The number of hydrogen-bond acceptors (Lipinski definition) is 2. The average Bonchev–Trinajstić information content (AvgIpc) is 2.53. The molecule has 1 saturated heterocycles. The highest BCUT2D eigenvalue weighted by molar-refractivity contribution is 5.77. The van der Waals surface area contributed by atoms with Crippen molar-refractivity contribution in [1.82, 2.24) is 9.80 Å². The lowest BCUT2D eigenvalue weighted by atomic mass is 10.3. The average molecular weight is 226 g/mol. The Morgan fingerprint density at radius 3 is 2.00 bits per heavy atom. The van der Waals surface area contributed by atoms with E-state index in [4.69, 9.17) is 0 Å². The maximum Gasteiger partial charge on any atom is 0.222 e. The zero-order chi connectivity index (χ0) is 12.0. The predicted molar refractivity (Wildman–Crippen MR) is 63.0 cm³/mol. The molecule has 4 heteroatoms. The summed E-state index contributed by atoms with van der Waals surface area (Å²) in [7, 11) is 0. The number of amides is 2. The Morgan fingerprint density at radius 2 is 1.50 bits per heavy atom. The molecule has 92 valence electrons. The van der Waals surface area contributed by atoms with Crippen molar-refractivity contribution >= 4 is 11.8 Å². The molecule has 1 rings (SSSR count). The van der Waals surface area contributed by atoms with Gasteiger partial charge in [-0.15, -0.1) is 0 Å². The maximum atomic E-state index is 11.7. The smallest absolute Gasteiger partial charge is 0.222 e. The molecule has 0 aromatic rings. The third kappa shape index (κ3) is 3.51. The van der Waals surface area contributed by atoms with Gasteiger partial charge in [0.2, 0.25) is 11.8 Å². The van der Waals surface area contributed by atoms with Crippen molar-refractivity contribution in [3.05, 3.63) is 0 Å². The molecule has 0 bridgehead atoms. The van der Waals surface area contributed by atoms with Crippen LogP contribution in [0, 0.1) is 0 Å². The van der Waals surface area contributed by atoms with Gasteiger partial charge in [-0.1, -0.05) is 13.8 Å². The van der Waals surface area contributed by atoms with E-state index in [0.717, 1.165) is 25.9 Å². The minimum absolute atomic E-state index is 0.199. The van der Waals surface area contributed by atoms with Crippen molar-refractivity contribution in [3.63, 3.8) is 0 Å². The van der Waals surface area contributed by atoms with Crippen molar-refractivity contribution in [2.45, 2.75) is 39.5 Å². The predicted octanol–water partition coefficient (Wildman–Crippen LogP) is 1.26. The van der Waals surface area contributed by atoms with Gasteiger partial charge in [0.25, 0.3) is 0 Å². The molecule has 1 aliphatic heterocycles. The molecule has 0 saturated carbocycles. The Kier molecular flexibility index (Phi) is 5.29. The van der Waals surface area contributed by atoms with Crippen LogP contribution < -0.4 is 0 Å². The first kappa shape index (κ1) is 13.0. The lowest BCUT2D eigenvalue weighted by molar-refractivity contribution is -0.133. The monoisotopic (exact) mass is 226 g/mol. The van der Waals surface area contributed by atoms with Crippen molar-refractivity contribution in [3.8, 4) is 0 Å². The Hall–Kier alpha value is -1.06. The van der Waals surface area contributed by atoms with Gasteiger partial charge in [0.15, 0.2) is 0 Å². The second-order valence-corrected chi connectivity index (χ2v) is 4.22. The summed E-state index contributed by atoms with van der Waals surface area (Å²) in [5.74, 6) is 0.429. The highest BCUT2D eigenvalue weighted by Gasteiger charge is 2.20. The molecule has 1 fully saturated rings. The van der Waals surface area contributed by atoms with E-state index >= 15 is 0 Å². The standard InChI is InChI=1S/C12H22N2O2/c1-3-6-12(16)14-8-5-7-13(9-10-14)11(15)4-2/h3-10H2,1-2H3. The van der Waals surface area contributed by atoms with Crippen molar-refractivity contribution in [1.29, 1.82) is 0 Å². The summed E-state index contributed by atoms with van der Waals surface area (Å²) >= 11 is 0. The number of carbonyl (C=O) groups is 2. The summed E-state index contributed by atoms with van der Waals surface area (Å²) in [5, 5.41) is 0. The number of carbonyl (C=O) groups excluding carboxylic acids is 2. The van der Waals surface area contributed by atoms with E-state index in [0.29, 0.717) is 25.9 Å². The van der Waals surface area contributed by atoms with E-state index in [1.54, 1.807) is 0 Å². The Morgan fingerprint density at radius 1 is 0.938 bits per heavy atom. The van der Waals surface area contributed by atoms with Gasteiger partial charge in [0.05, 0.1) is 0 Å². The number of rotatable bonds is 3. The molecule has 0 aromatic carbocycles. The SMILES string of the molecule is CCCC(=O)N1CCCN(C(=O)CC)CC1. The molecule has 0 radical (unpaired) electrons. The quantitative estimate of drug-likeness (QED) is 0.727. The second kappa shape index (κ2) is 6.51. The highest BCUT2D eigenvalue weighted by Crippen LogP contribution is 2.07. The van der Waals surface area contributed by atoms with Gasteiger partial charge in [-0.3, -0.25) is 9.59 Å². The van der Waals surface area contributed by atoms with Crippen LogP contribution in [0.1, 0.15) is 39.5 Å². The fourth-order valence-electron chi connectivity index (χ4n) is 2.01. The summed E-state index contributed by atoms with van der Waals surface area (Å²) < 4.78 is 0. The second-order valence-electron chi connectivity index (χ2n) is 4.22. The van der Waals surface area contributed by atoms with E-state index in [1.165, 1.54) is 0 Å². The third-order valence-electron chi connectivity index (χ3n) is 2.97. The molecule has 0 spiro atoms. The fraction of sp³-hybridized carbons (Fsp3) is 0.833. The summed E-state index contributed by atoms with van der Waals surface area (Å²) in [5.41, 5.74) is 0. The number of nitrogens with zero attached hydrogens (tertiary/aromatic N) is 2. The molecule has 0 aromatic heterocycles. The minimum atomic E-state index is 0.199. The molecule has 1 heterocycles. The Bertz CT molecular complexity index is 253. The number of hydrogen-bond donors (Lipinski definition) is 0. The van der Waals surface area contributed by atoms with Crippen LogP contribution in [0.25, 0.3) is 0 Å². The summed E-state index contributed by atoms with van der Waals surface area (Å²) in [4.78, 5) is 27.0. The van der Waals surface area contributed by atoms with Crippen LogP contribution >= 0.6 is 0 Å². The summed E-state index contributed by atoms with van der Waals surface area (Å²) in [6, 6.07) is 0. The molecule has 1 aliphatic rings. The first-order valence-corrected chi connectivity index (χ1v) is 6.24. The maximum absolute atomic E-state index is 11.7. The topological polar surface area (TPSA) is 40.6 Å². The van der Waals surface area contributed by atoms with Crippen LogP contribution in [0.15, 0.2) is 0 Å². The van der Waals surface area contributed by atoms with E-state index in [-0.39, 0.29) is 11.8 Å². The van der Waals surface area contributed by atoms with Crippen molar-refractivity contribution in [2.75, 3.05) is 26.2 Å². The van der Waals surface area contributed by atoms with Crippen LogP contribution in [-0.4, -0.2) is 47.8 Å². The lowest BCUT2D eigenvalue weighted by Crippen LogP contribution is -2.36. The third-order valence-corrected chi connectivity index (χ3v) is 2.97. The molecule has 2 amide bonds. The van der Waals surface area contributed by atoms with Crippen LogP contribution in [-0.2, 0) is 9.59 Å². The molecule has 0 atom stereocenters. The van der Waals surface area contributed by atoms with Crippen LogP contribution in [0.3, 0.4) is 0 Å². The van der Waals surface area contributed by atoms with Gasteiger partial charge in [-0.25, -0.2) is 0 Å². The Balaban J connectivity index is 2.46. The van der Waals surface area contributed by atoms with Crippen LogP contribution in [0.2, 0.25) is 0 Å². The highest BCUT2D eigenvalue weighted by atomic mass is 16.2. The summed E-state index contributed by atoms with van der Waals surface area (Å²) in [6.07, 6.45) is 2.98. The van der Waals surface area contributed by atoms with E-state index in [1.807, 2.05) is 23.6 Å². The molecular formula is C12H22N2O2. The molecular weight excluding hydrogens is 204 g/mol. The fourth-order valence-corrected chi connectivity index (χ4v) is 2.01. The van der Waals surface area contributed by atoms with Crippen molar-refractivity contribution in [2.24, 2.45) is 0 Å². The van der Waals surface area contributed by atoms with Gasteiger partial charge < -0.3 is 9.80 Å². The zero-order valence-electron chi connectivity index (χ0n) is 10.4. The first-order chi connectivity index (χ1) is 7.69. The van der Waals surface area contributed by atoms with Crippen LogP contribution in [0.4, 0.5) is 0 Å². The first-order valence-electron chi connectivity index (χ1n) is 6.24. The van der Waals surface area contributed by atoms with Gasteiger partial charge >= 0.3 is 0 Å². The molecule has 4 nitrogen and oxygen atoms in total. The lowest BCUT2D eigenvalue weighted by Gasteiger charge is -2.21. The van der Waals surface area contributed by atoms with Gasteiger partial charge in [0, 0.05) is 39.0 Å². The molecule has 0 unspecified atom stereocenters. The molecule has 0 N–H and O–H groups in total. The van der Waals surface area contributed by atoms with Gasteiger partial charge in [-0.05, 0) is 12.8 Å². The zero-order valence-corrected chi connectivity index (χ0v) is 10.4. The minimum Gasteiger partial charge on any atom is -0.341 e. The van der Waals surface area contributed by atoms with E-state index in [9.17, 15) is 9.59 Å². The van der Waals surface area contributed by atoms with Crippen LogP contribution in [0.5, 0.6) is 0 Å². The van der Waals surface area contributed by atoms with Crippen molar-refractivity contribution < 1.29 is 9.59 Å².